The number of hydrogen-bond donors (Lipinski definition) is 0. The van der Waals surface area contributed by atoms with Crippen molar-refractivity contribution < 1.29 is 4.92 Å². The standard InChI is InChI=1S/C20H16N2O2/c1-15(16-9-13-20(14-10-16)22(23)24)21-19-11-7-18(8-12-19)17-5-3-2-4-6-17/h2-14H,1H3. The van der Waals surface area contributed by atoms with E-state index < -0.39 is 4.92 Å². The molecule has 3 aromatic rings. The third kappa shape index (κ3) is 3.55. The van der Waals surface area contributed by atoms with Gasteiger partial charge in [-0.15, -0.1) is 0 Å². The molecule has 0 N–H and O–H groups in total. The van der Waals surface area contributed by atoms with Gasteiger partial charge in [-0.2, -0.15) is 0 Å². The van der Waals surface area contributed by atoms with Gasteiger partial charge >= 0.3 is 0 Å². The van der Waals surface area contributed by atoms with Crippen molar-refractivity contribution in [3.8, 4) is 11.1 Å². The average Bonchev–Trinajstić information content (AvgIpc) is 2.63. The summed E-state index contributed by atoms with van der Waals surface area (Å²) in [5.74, 6) is 0. The van der Waals surface area contributed by atoms with Crippen LogP contribution in [0.25, 0.3) is 11.1 Å². The van der Waals surface area contributed by atoms with Crippen molar-refractivity contribution in [3.05, 3.63) is 94.5 Å². The molecule has 4 nitrogen and oxygen atoms in total. The van der Waals surface area contributed by atoms with Gasteiger partial charge in [0.2, 0.25) is 0 Å². The number of aliphatic imine (C=N–C) groups is 1. The van der Waals surface area contributed by atoms with E-state index in [1.807, 2.05) is 49.4 Å². The third-order valence-corrected chi connectivity index (χ3v) is 3.77. The van der Waals surface area contributed by atoms with Gasteiger partial charge in [-0.1, -0.05) is 42.5 Å². The maximum atomic E-state index is 10.7. The quantitative estimate of drug-likeness (QED) is 0.367. The smallest absolute Gasteiger partial charge is 0.258 e. The van der Waals surface area contributed by atoms with Crippen LogP contribution in [0.4, 0.5) is 11.4 Å². The van der Waals surface area contributed by atoms with Gasteiger partial charge in [-0.05, 0) is 47.9 Å². The molecular weight excluding hydrogens is 300 g/mol. The summed E-state index contributed by atoms with van der Waals surface area (Å²) >= 11 is 0. The second-order valence-electron chi connectivity index (χ2n) is 5.41. The van der Waals surface area contributed by atoms with Crippen molar-refractivity contribution in [2.75, 3.05) is 0 Å². The molecule has 3 aromatic carbocycles. The van der Waals surface area contributed by atoms with E-state index in [-0.39, 0.29) is 5.69 Å². The van der Waals surface area contributed by atoms with Crippen LogP contribution in [0.15, 0.2) is 83.9 Å². The molecular formula is C20H16N2O2. The third-order valence-electron chi connectivity index (χ3n) is 3.77. The van der Waals surface area contributed by atoms with Gasteiger partial charge in [0, 0.05) is 17.8 Å². The molecule has 0 bridgehead atoms. The number of rotatable bonds is 4. The highest BCUT2D eigenvalue weighted by molar-refractivity contribution is 6.00. The normalized spacial score (nSPS) is 11.3. The van der Waals surface area contributed by atoms with Crippen molar-refractivity contribution >= 4 is 17.1 Å². The van der Waals surface area contributed by atoms with Gasteiger partial charge in [0.15, 0.2) is 0 Å². The van der Waals surface area contributed by atoms with Crippen molar-refractivity contribution in [3.63, 3.8) is 0 Å². The van der Waals surface area contributed by atoms with Gasteiger partial charge < -0.3 is 0 Å². The SMILES string of the molecule is CC(=Nc1ccc(-c2ccccc2)cc1)c1ccc([N+](=O)[O-])cc1. The largest absolute Gasteiger partial charge is 0.269 e. The molecule has 118 valence electrons. The lowest BCUT2D eigenvalue weighted by Gasteiger charge is -2.04. The van der Waals surface area contributed by atoms with E-state index in [0.717, 1.165) is 22.5 Å². The summed E-state index contributed by atoms with van der Waals surface area (Å²) in [7, 11) is 0. The van der Waals surface area contributed by atoms with Crippen LogP contribution in [0.1, 0.15) is 12.5 Å². The second kappa shape index (κ2) is 6.87. The van der Waals surface area contributed by atoms with Crippen LogP contribution < -0.4 is 0 Å². The molecule has 0 unspecified atom stereocenters. The van der Waals surface area contributed by atoms with Gasteiger partial charge in [0.1, 0.15) is 0 Å². The molecule has 0 aromatic heterocycles. The summed E-state index contributed by atoms with van der Waals surface area (Å²) in [5.41, 5.74) is 4.93. The first-order chi connectivity index (χ1) is 11.6. The minimum atomic E-state index is -0.404. The number of nitro groups is 1. The van der Waals surface area contributed by atoms with E-state index in [1.54, 1.807) is 12.1 Å². The highest BCUT2D eigenvalue weighted by Gasteiger charge is 2.05. The van der Waals surface area contributed by atoms with Crippen LogP contribution in [0.2, 0.25) is 0 Å². The van der Waals surface area contributed by atoms with Crippen LogP contribution >= 0.6 is 0 Å². The van der Waals surface area contributed by atoms with Crippen LogP contribution in [-0.4, -0.2) is 10.6 Å². The Bertz CT molecular complexity index is 868. The molecule has 4 heteroatoms. The Morgan fingerprint density at radius 3 is 2.00 bits per heavy atom. The fourth-order valence-corrected chi connectivity index (χ4v) is 2.44. The minimum absolute atomic E-state index is 0.0822. The number of benzene rings is 3. The highest BCUT2D eigenvalue weighted by atomic mass is 16.6. The minimum Gasteiger partial charge on any atom is -0.258 e. The molecule has 0 fully saturated rings. The maximum absolute atomic E-state index is 10.7. The van der Waals surface area contributed by atoms with Gasteiger partial charge in [0.25, 0.3) is 5.69 Å². The summed E-state index contributed by atoms with van der Waals surface area (Å²) in [6, 6.07) is 24.6. The van der Waals surface area contributed by atoms with Crippen LogP contribution in [0.5, 0.6) is 0 Å². The number of hydrogen-bond acceptors (Lipinski definition) is 3. The van der Waals surface area contributed by atoms with Crippen molar-refractivity contribution in [2.45, 2.75) is 6.92 Å². The Balaban J connectivity index is 1.81. The number of nitro benzene ring substituents is 1. The summed E-state index contributed by atoms with van der Waals surface area (Å²) in [4.78, 5) is 14.9. The Kier molecular flexibility index (Phi) is 4.47. The molecule has 0 radical (unpaired) electrons. The van der Waals surface area contributed by atoms with Crippen LogP contribution in [-0.2, 0) is 0 Å². The molecule has 0 amide bonds. The maximum Gasteiger partial charge on any atom is 0.269 e. The van der Waals surface area contributed by atoms with E-state index in [4.69, 9.17) is 0 Å². The molecule has 0 saturated heterocycles. The van der Waals surface area contributed by atoms with Gasteiger partial charge in [0.05, 0.1) is 10.6 Å². The molecule has 0 atom stereocenters. The molecule has 0 saturated carbocycles. The fourth-order valence-electron chi connectivity index (χ4n) is 2.44. The van der Waals surface area contributed by atoms with E-state index in [1.165, 1.54) is 17.7 Å². The number of non-ortho nitro benzene ring substituents is 1. The Labute approximate surface area is 140 Å². The molecule has 0 spiro atoms. The Morgan fingerprint density at radius 1 is 0.833 bits per heavy atom. The predicted molar refractivity (Wildman–Crippen MR) is 96.8 cm³/mol. The fraction of sp³-hybridized carbons (Fsp3) is 0.0500. The zero-order valence-electron chi connectivity index (χ0n) is 13.2. The Hall–Kier alpha value is -3.27. The van der Waals surface area contributed by atoms with Crippen molar-refractivity contribution in [1.29, 1.82) is 0 Å². The lowest BCUT2D eigenvalue weighted by Crippen LogP contribution is -1.95. The van der Waals surface area contributed by atoms with E-state index in [9.17, 15) is 10.1 Å². The zero-order chi connectivity index (χ0) is 16.9. The molecule has 0 aliphatic carbocycles. The lowest BCUT2D eigenvalue weighted by molar-refractivity contribution is -0.384. The van der Waals surface area contributed by atoms with Gasteiger partial charge in [-0.25, -0.2) is 0 Å². The summed E-state index contributed by atoms with van der Waals surface area (Å²) in [5, 5.41) is 10.7. The molecule has 24 heavy (non-hydrogen) atoms. The summed E-state index contributed by atoms with van der Waals surface area (Å²) in [6.07, 6.45) is 0. The molecule has 3 rings (SSSR count). The van der Waals surface area contributed by atoms with Crippen LogP contribution in [0, 0.1) is 10.1 Å². The van der Waals surface area contributed by atoms with Gasteiger partial charge in [-0.3, -0.25) is 15.1 Å². The monoisotopic (exact) mass is 316 g/mol. The van der Waals surface area contributed by atoms with E-state index in [2.05, 4.69) is 17.1 Å². The van der Waals surface area contributed by atoms with E-state index in [0.29, 0.717) is 0 Å². The Morgan fingerprint density at radius 2 is 1.42 bits per heavy atom. The highest BCUT2D eigenvalue weighted by Crippen LogP contribution is 2.23. The first-order valence-corrected chi connectivity index (χ1v) is 7.59. The first kappa shape index (κ1) is 15.6. The predicted octanol–water partition coefficient (Wildman–Crippen LogP) is 5.40. The van der Waals surface area contributed by atoms with E-state index >= 15 is 0 Å². The number of nitrogens with zero attached hydrogens (tertiary/aromatic N) is 2. The molecule has 0 heterocycles. The summed E-state index contributed by atoms with van der Waals surface area (Å²) in [6.45, 7) is 1.90. The van der Waals surface area contributed by atoms with Crippen LogP contribution in [0.3, 0.4) is 0 Å². The first-order valence-electron chi connectivity index (χ1n) is 7.59. The lowest BCUT2D eigenvalue weighted by atomic mass is 10.1. The zero-order valence-corrected chi connectivity index (χ0v) is 13.2. The summed E-state index contributed by atoms with van der Waals surface area (Å²) < 4.78 is 0. The average molecular weight is 316 g/mol. The van der Waals surface area contributed by atoms with Crippen molar-refractivity contribution in [1.82, 2.24) is 0 Å². The second-order valence-corrected chi connectivity index (χ2v) is 5.41. The van der Waals surface area contributed by atoms with Crippen molar-refractivity contribution in [2.24, 2.45) is 4.99 Å². The molecule has 0 aliphatic heterocycles. The topological polar surface area (TPSA) is 55.5 Å². The molecule has 0 aliphatic rings.